The van der Waals surface area contributed by atoms with Gasteiger partial charge in [-0.3, -0.25) is 9.59 Å². The molecule has 0 unspecified atom stereocenters. The molecular formula is C21H27N5O5. The van der Waals surface area contributed by atoms with E-state index in [1.807, 2.05) is 18.2 Å². The topological polar surface area (TPSA) is 110 Å². The van der Waals surface area contributed by atoms with Gasteiger partial charge in [0, 0.05) is 26.2 Å². The SMILES string of the molecule is O=C(COc1ccccc1)N1CCC(O)(Cn2cc(C(=O)N3CCOCC3)nn2)CC1. The van der Waals surface area contributed by atoms with Gasteiger partial charge < -0.3 is 24.4 Å². The lowest BCUT2D eigenvalue weighted by molar-refractivity contribution is -0.138. The van der Waals surface area contributed by atoms with E-state index >= 15 is 0 Å². The van der Waals surface area contributed by atoms with Gasteiger partial charge in [-0.1, -0.05) is 23.4 Å². The molecule has 2 amide bonds. The van der Waals surface area contributed by atoms with Gasteiger partial charge in [0.25, 0.3) is 11.8 Å². The predicted octanol–water partition coefficient (Wildman–Crippen LogP) is 0.183. The molecule has 166 valence electrons. The number of ether oxygens (including phenoxy) is 2. The van der Waals surface area contributed by atoms with Crippen LogP contribution in [0.2, 0.25) is 0 Å². The van der Waals surface area contributed by atoms with Crippen LogP contribution >= 0.6 is 0 Å². The number of aliphatic hydroxyl groups is 1. The van der Waals surface area contributed by atoms with Crippen molar-refractivity contribution < 1.29 is 24.2 Å². The highest BCUT2D eigenvalue weighted by molar-refractivity contribution is 5.92. The summed E-state index contributed by atoms with van der Waals surface area (Å²) in [5.74, 6) is 0.364. The van der Waals surface area contributed by atoms with Crippen LogP contribution in [0.5, 0.6) is 5.75 Å². The molecule has 10 nitrogen and oxygen atoms in total. The summed E-state index contributed by atoms with van der Waals surface area (Å²) in [6, 6.07) is 9.20. The van der Waals surface area contributed by atoms with Gasteiger partial charge in [0.1, 0.15) is 5.75 Å². The molecule has 2 saturated heterocycles. The molecule has 31 heavy (non-hydrogen) atoms. The van der Waals surface area contributed by atoms with Gasteiger partial charge in [-0.15, -0.1) is 5.10 Å². The molecular weight excluding hydrogens is 402 g/mol. The van der Waals surface area contributed by atoms with Crippen LogP contribution in [-0.4, -0.2) is 93.3 Å². The Balaban J connectivity index is 1.26. The summed E-state index contributed by atoms with van der Waals surface area (Å²) in [5, 5.41) is 18.9. The maximum absolute atomic E-state index is 12.5. The number of aromatic nitrogens is 3. The number of morpholine rings is 1. The minimum atomic E-state index is -1.01. The predicted molar refractivity (Wildman–Crippen MR) is 109 cm³/mol. The second kappa shape index (κ2) is 9.44. The van der Waals surface area contributed by atoms with Crippen molar-refractivity contribution in [3.05, 3.63) is 42.2 Å². The molecule has 1 aromatic heterocycles. The van der Waals surface area contributed by atoms with E-state index in [0.717, 1.165) is 0 Å². The highest BCUT2D eigenvalue weighted by Crippen LogP contribution is 2.24. The van der Waals surface area contributed by atoms with Gasteiger partial charge in [-0.2, -0.15) is 0 Å². The summed E-state index contributed by atoms with van der Waals surface area (Å²) in [6.45, 7) is 3.17. The van der Waals surface area contributed by atoms with E-state index in [2.05, 4.69) is 10.3 Å². The molecule has 1 aromatic carbocycles. The van der Waals surface area contributed by atoms with E-state index in [1.165, 1.54) is 4.68 Å². The van der Waals surface area contributed by atoms with Crippen LogP contribution in [0.25, 0.3) is 0 Å². The van der Waals surface area contributed by atoms with Gasteiger partial charge in [-0.05, 0) is 25.0 Å². The number of nitrogens with zero attached hydrogens (tertiary/aromatic N) is 5. The fourth-order valence-electron chi connectivity index (χ4n) is 3.79. The summed E-state index contributed by atoms with van der Waals surface area (Å²) in [6.07, 6.45) is 2.40. The Labute approximate surface area is 180 Å². The minimum Gasteiger partial charge on any atom is -0.484 e. The third-order valence-electron chi connectivity index (χ3n) is 5.66. The third kappa shape index (κ3) is 5.39. The summed E-state index contributed by atoms with van der Waals surface area (Å²) in [5.41, 5.74) is -0.750. The normalized spacial score (nSPS) is 18.6. The number of amides is 2. The number of piperidine rings is 1. The van der Waals surface area contributed by atoms with Crippen LogP contribution in [0.15, 0.2) is 36.5 Å². The quantitative estimate of drug-likeness (QED) is 0.698. The molecule has 4 rings (SSSR count). The van der Waals surface area contributed by atoms with Gasteiger partial charge in [0.2, 0.25) is 0 Å². The van der Waals surface area contributed by atoms with Crippen molar-refractivity contribution in [3.63, 3.8) is 0 Å². The van der Waals surface area contributed by atoms with Gasteiger partial charge >= 0.3 is 0 Å². The third-order valence-corrected chi connectivity index (χ3v) is 5.66. The lowest BCUT2D eigenvalue weighted by Crippen LogP contribution is -2.49. The highest BCUT2D eigenvalue weighted by Gasteiger charge is 2.35. The summed E-state index contributed by atoms with van der Waals surface area (Å²) >= 11 is 0. The van der Waals surface area contributed by atoms with Crippen molar-refractivity contribution in [1.82, 2.24) is 24.8 Å². The molecule has 0 aliphatic carbocycles. The van der Waals surface area contributed by atoms with E-state index < -0.39 is 5.60 Å². The fourth-order valence-corrected chi connectivity index (χ4v) is 3.79. The average molecular weight is 429 g/mol. The lowest BCUT2D eigenvalue weighted by atomic mass is 9.91. The molecule has 2 aliphatic heterocycles. The zero-order valence-corrected chi connectivity index (χ0v) is 17.4. The molecule has 2 fully saturated rings. The Hall–Kier alpha value is -2.98. The minimum absolute atomic E-state index is 0.0292. The van der Waals surface area contributed by atoms with Crippen LogP contribution in [0.4, 0.5) is 0 Å². The molecule has 2 aromatic rings. The van der Waals surface area contributed by atoms with E-state index in [9.17, 15) is 14.7 Å². The maximum atomic E-state index is 12.5. The Bertz CT molecular complexity index is 889. The molecule has 2 aliphatic rings. The largest absolute Gasteiger partial charge is 0.484 e. The van der Waals surface area contributed by atoms with Crippen LogP contribution in [0, 0.1) is 0 Å². The van der Waals surface area contributed by atoms with E-state index in [0.29, 0.717) is 58.0 Å². The first-order chi connectivity index (χ1) is 15.0. The van der Waals surface area contributed by atoms with E-state index in [-0.39, 0.29) is 30.7 Å². The number of carbonyl (C=O) groups excluding carboxylic acids is 2. The summed E-state index contributed by atoms with van der Waals surface area (Å²) in [4.78, 5) is 28.3. The Morgan fingerprint density at radius 2 is 1.77 bits per heavy atom. The van der Waals surface area contributed by atoms with E-state index in [4.69, 9.17) is 9.47 Å². The summed E-state index contributed by atoms with van der Waals surface area (Å²) in [7, 11) is 0. The molecule has 0 saturated carbocycles. The van der Waals surface area contributed by atoms with Crippen molar-refractivity contribution in [1.29, 1.82) is 0 Å². The van der Waals surface area contributed by atoms with Crippen molar-refractivity contribution in [3.8, 4) is 5.75 Å². The fraction of sp³-hybridized carbons (Fsp3) is 0.524. The smallest absolute Gasteiger partial charge is 0.276 e. The van der Waals surface area contributed by atoms with Crippen molar-refractivity contribution >= 4 is 11.8 Å². The van der Waals surface area contributed by atoms with Crippen molar-refractivity contribution in [2.75, 3.05) is 46.0 Å². The van der Waals surface area contributed by atoms with Gasteiger partial charge in [0.15, 0.2) is 12.3 Å². The number of benzene rings is 1. The molecule has 10 heteroatoms. The number of hydrogen-bond donors (Lipinski definition) is 1. The second-order valence-electron chi connectivity index (χ2n) is 7.91. The number of likely N-dealkylation sites (tertiary alicyclic amines) is 1. The number of rotatable bonds is 6. The Kier molecular flexibility index (Phi) is 6.47. The van der Waals surface area contributed by atoms with E-state index in [1.54, 1.807) is 28.1 Å². The first-order valence-corrected chi connectivity index (χ1v) is 10.5. The monoisotopic (exact) mass is 429 g/mol. The van der Waals surface area contributed by atoms with Crippen LogP contribution in [0.1, 0.15) is 23.3 Å². The molecule has 0 bridgehead atoms. The van der Waals surface area contributed by atoms with Gasteiger partial charge in [-0.25, -0.2) is 4.68 Å². The number of para-hydroxylation sites is 1. The van der Waals surface area contributed by atoms with Crippen LogP contribution in [-0.2, 0) is 16.1 Å². The van der Waals surface area contributed by atoms with Crippen LogP contribution < -0.4 is 4.74 Å². The molecule has 0 spiro atoms. The lowest BCUT2D eigenvalue weighted by Gasteiger charge is -2.37. The first kappa shape index (κ1) is 21.3. The zero-order chi connectivity index (χ0) is 21.7. The standard InChI is InChI=1S/C21H27N5O5/c27-19(15-31-17-4-2-1-3-5-17)24-8-6-21(29,7-9-24)16-26-14-18(22-23-26)20(28)25-10-12-30-13-11-25/h1-5,14,29H,6-13,15-16H2. The van der Waals surface area contributed by atoms with Crippen molar-refractivity contribution in [2.45, 2.75) is 25.0 Å². The van der Waals surface area contributed by atoms with Crippen LogP contribution in [0.3, 0.4) is 0 Å². The van der Waals surface area contributed by atoms with Crippen molar-refractivity contribution in [2.24, 2.45) is 0 Å². The Morgan fingerprint density at radius 1 is 1.06 bits per heavy atom. The highest BCUT2D eigenvalue weighted by atomic mass is 16.5. The molecule has 1 N–H and O–H groups in total. The van der Waals surface area contributed by atoms with Gasteiger partial charge in [0.05, 0.1) is 31.6 Å². The molecule has 0 atom stereocenters. The number of hydrogen-bond acceptors (Lipinski definition) is 7. The Morgan fingerprint density at radius 3 is 2.48 bits per heavy atom. The second-order valence-corrected chi connectivity index (χ2v) is 7.91. The summed E-state index contributed by atoms with van der Waals surface area (Å²) < 4.78 is 12.3. The average Bonchev–Trinajstić information content (AvgIpc) is 3.26. The number of carbonyl (C=O) groups is 2. The first-order valence-electron chi connectivity index (χ1n) is 10.5. The maximum Gasteiger partial charge on any atom is 0.276 e. The molecule has 0 radical (unpaired) electrons. The molecule has 3 heterocycles. The zero-order valence-electron chi connectivity index (χ0n) is 17.4.